The highest BCUT2D eigenvalue weighted by atomic mass is 19.1. The number of carbonyl (C=O) groups is 1. The minimum Gasteiger partial charge on any atom is -0.489 e. The SMILES string of the molecule is O=C(NCCOc1ccc(F)cc1F)N1CCc2ccccc21. The van der Waals surface area contributed by atoms with Crippen LogP contribution in [-0.2, 0) is 6.42 Å². The van der Waals surface area contributed by atoms with E-state index in [0.29, 0.717) is 6.54 Å². The number of nitrogens with zero attached hydrogens (tertiary/aromatic N) is 1. The molecule has 1 aliphatic heterocycles. The second kappa shape index (κ2) is 6.64. The van der Waals surface area contributed by atoms with E-state index in [1.807, 2.05) is 24.3 Å². The second-order valence-corrected chi connectivity index (χ2v) is 5.19. The number of carbonyl (C=O) groups excluding carboxylic acids is 1. The molecule has 0 bridgehead atoms. The first kappa shape index (κ1) is 15.3. The molecular formula is C17H16F2N2O2. The van der Waals surface area contributed by atoms with Crippen LogP contribution in [0.3, 0.4) is 0 Å². The van der Waals surface area contributed by atoms with Crippen LogP contribution in [0.2, 0.25) is 0 Å². The summed E-state index contributed by atoms with van der Waals surface area (Å²) in [7, 11) is 0. The van der Waals surface area contributed by atoms with Crippen LogP contribution in [0.4, 0.5) is 19.3 Å². The third-order valence-electron chi connectivity index (χ3n) is 3.66. The molecule has 2 aromatic rings. The maximum atomic E-state index is 13.4. The van der Waals surface area contributed by atoms with Crippen LogP contribution in [0.25, 0.3) is 0 Å². The minimum absolute atomic E-state index is 0.0350. The maximum absolute atomic E-state index is 13.4. The third kappa shape index (κ3) is 3.41. The van der Waals surface area contributed by atoms with Gasteiger partial charge in [0.1, 0.15) is 12.4 Å². The Morgan fingerprint density at radius 3 is 2.87 bits per heavy atom. The van der Waals surface area contributed by atoms with E-state index in [4.69, 9.17) is 4.74 Å². The summed E-state index contributed by atoms with van der Waals surface area (Å²) in [4.78, 5) is 13.8. The Kier molecular flexibility index (Phi) is 4.41. The lowest BCUT2D eigenvalue weighted by Crippen LogP contribution is -2.40. The quantitative estimate of drug-likeness (QED) is 0.880. The lowest BCUT2D eigenvalue weighted by atomic mass is 10.2. The Bertz CT molecular complexity index is 721. The fourth-order valence-corrected chi connectivity index (χ4v) is 2.56. The molecule has 1 heterocycles. The smallest absolute Gasteiger partial charge is 0.322 e. The molecule has 4 nitrogen and oxygen atoms in total. The number of nitrogens with one attached hydrogen (secondary N) is 1. The van der Waals surface area contributed by atoms with E-state index in [1.165, 1.54) is 6.07 Å². The number of hydrogen-bond acceptors (Lipinski definition) is 2. The summed E-state index contributed by atoms with van der Waals surface area (Å²) in [5.41, 5.74) is 2.06. The van der Waals surface area contributed by atoms with Crippen molar-refractivity contribution in [2.75, 3.05) is 24.6 Å². The van der Waals surface area contributed by atoms with Crippen molar-refractivity contribution in [3.8, 4) is 5.75 Å². The van der Waals surface area contributed by atoms with Gasteiger partial charge in [-0.25, -0.2) is 13.6 Å². The highest BCUT2D eigenvalue weighted by Crippen LogP contribution is 2.27. The molecular weight excluding hydrogens is 302 g/mol. The van der Waals surface area contributed by atoms with Crippen molar-refractivity contribution >= 4 is 11.7 Å². The standard InChI is InChI=1S/C17H16F2N2O2/c18-13-5-6-16(14(19)11-13)23-10-8-20-17(22)21-9-7-12-3-1-2-4-15(12)21/h1-6,11H,7-10H2,(H,20,22). The Hall–Kier alpha value is -2.63. The van der Waals surface area contributed by atoms with Gasteiger partial charge in [0.05, 0.1) is 6.54 Å². The molecule has 0 unspecified atom stereocenters. The van der Waals surface area contributed by atoms with Gasteiger partial charge in [-0.3, -0.25) is 4.90 Å². The van der Waals surface area contributed by atoms with Gasteiger partial charge in [-0.15, -0.1) is 0 Å². The van der Waals surface area contributed by atoms with Crippen molar-refractivity contribution in [3.63, 3.8) is 0 Å². The van der Waals surface area contributed by atoms with Crippen molar-refractivity contribution in [1.82, 2.24) is 5.32 Å². The zero-order chi connectivity index (χ0) is 16.2. The average molecular weight is 318 g/mol. The summed E-state index contributed by atoms with van der Waals surface area (Å²) in [6.45, 7) is 0.969. The Morgan fingerprint density at radius 1 is 1.22 bits per heavy atom. The summed E-state index contributed by atoms with van der Waals surface area (Å²) in [5.74, 6) is -1.45. The van der Waals surface area contributed by atoms with Gasteiger partial charge in [0.15, 0.2) is 11.6 Å². The topological polar surface area (TPSA) is 41.6 Å². The molecule has 3 rings (SSSR count). The van der Waals surface area contributed by atoms with E-state index in [9.17, 15) is 13.6 Å². The number of urea groups is 1. The number of anilines is 1. The van der Waals surface area contributed by atoms with Crippen LogP contribution in [0.1, 0.15) is 5.56 Å². The van der Waals surface area contributed by atoms with Gasteiger partial charge >= 0.3 is 6.03 Å². The lowest BCUT2D eigenvalue weighted by molar-refractivity contribution is 0.241. The van der Waals surface area contributed by atoms with E-state index in [-0.39, 0.29) is 24.9 Å². The summed E-state index contributed by atoms with van der Waals surface area (Å²) in [6.07, 6.45) is 0.834. The molecule has 6 heteroatoms. The number of amides is 2. The molecule has 0 aromatic heterocycles. The van der Waals surface area contributed by atoms with E-state index in [1.54, 1.807) is 4.90 Å². The first-order chi connectivity index (χ1) is 11.1. The fraction of sp³-hybridized carbons (Fsp3) is 0.235. The van der Waals surface area contributed by atoms with E-state index >= 15 is 0 Å². The van der Waals surface area contributed by atoms with Crippen molar-refractivity contribution in [3.05, 3.63) is 59.7 Å². The number of benzene rings is 2. The van der Waals surface area contributed by atoms with Crippen LogP contribution in [0, 0.1) is 11.6 Å². The van der Waals surface area contributed by atoms with Crippen LogP contribution < -0.4 is 15.0 Å². The molecule has 0 aliphatic carbocycles. The maximum Gasteiger partial charge on any atom is 0.322 e. The number of halogens is 2. The third-order valence-corrected chi connectivity index (χ3v) is 3.66. The molecule has 23 heavy (non-hydrogen) atoms. The highest BCUT2D eigenvalue weighted by molar-refractivity contribution is 5.94. The molecule has 0 saturated heterocycles. The molecule has 2 amide bonds. The molecule has 0 radical (unpaired) electrons. The Labute approximate surface area is 132 Å². The highest BCUT2D eigenvalue weighted by Gasteiger charge is 2.23. The number of para-hydroxylation sites is 1. The van der Waals surface area contributed by atoms with Crippen LogP contribution in [-0.4, -0.2) is 25.7 Å². The van der Waals surface area contributed by atoms with Gasteiger partial charge in [0.25, 0.3) is 0 Å². The van der Waals surface area contributed by atoms with Gasteiger partial charge in [0, 0.05) is 18.3 Å². The molecule has 2 aromatic carbocycles. The zero-order valence-electron chi connectivity index (χ0n) is 12.4. The fourth-order valence-electron chi connectivity index (χ4n) is 2.56. The molecule has 0 spiro atoms. The summed E-state index contributed by atoms with van der Waals surface area (Å²) >= 11 is 0. The second-order valence-electron chi connectivity index (χ2n) is 5.19. The lowest BCUT2D eigenvalue weighted by Gasteiger charge is -2.18. The minimum atomic E-state index is -0.759. The van der Waals surface area contributed by atoms with E-state index < -0.39 is 11.6 Å². The van der Waals surface area contributed by atoms with Crippen molar-refractivity contribution in [2.45, 2.75) is 6.42 Å². The number of hydrogen-bond donors (Lipinski definition) is 1. The van der Waals surface area contributed by atoms with Gasteiger partial charge in [-0.05, 0) is 30.2 Å². The number of rotatable bonds is 4. The summed E-state index contributed by atoms with van der Waals surface area (Å²) in [6, 6.07) is 10.7. The number of fused-ring (bicyclic) bond motifs is 1. The summed E-state index contributed by atoms with van der Waals surface area (Å²) in [5, 5.41) is 2.73. The Balaban J connectivity index is 1.49. The molecule has 0 atom stereocenters. The van der Waals surface area contributed by atoms with E-state index in [2.05, 4.69) is 5.32 Å². The predicted molar refractivity (Wildman–Crippen MR) is 82.7 cm³/mol. The predicted octanol–water partition coefficient (Wildman–Crippen LogP) is 3.12. The van der Waals surface area contributed by atoms with Crippen molar-refractivity contribution in [2.24, 2.45) is 0 Å². The van der Waals surface area contributed by atoms with Gasteiger partial charge in [-0.1, -0.05) is 18.2 Å². The normalized spacial score (nSPS) is 12.9. The Morgan fingerprint density at radius 2 is 2.04 bits per heavy atom. The van der Waals surface area contributed by atoms with E-state index in [0.717, 1.165) is 29.8 Å². The first-order valence-corrected chi connectivity index (χ1v) is 7.36. The zero-order valence-corrected chi connectivity index (χ0v) is 12.4. The largest absolute Gasteiger partial charge is 0.489 e. The molecule has 120 valence electrons. The van der Waals surface area contributed by atoms with Crippen LogP contribution in [0.5, 0.6) is 5.75 Å². The molecule has 0 saturated carbocycles. The van der Waals surface area contributed by atoms with Crippen molar-refractivity contribution in [1.29, 1.82) is 0 Å². The average Bonchev–Trinajstić information content (AvgIpc) is 2.97. The van der Waals surface area contributed by atoms with Crippen LogP contribution in [0.15, 0.2) is 42.5 Å². The van der Waals surface area contributed by atoms with Gasteiger partial charge in [-0.2, -0.15) is 0 Å². The molecule has 1 N–H and O–H groups in total. The molecule has 1 aliphatic rings. The molecule has 0 fully saturated rings. The van der Waals surface area contributed by atoms with Gasteiger partial charge in [0.2, 0.25) is 0 Å². The van der Waals surface area contributed by atoms with Gasteiger partial charge < -0.3 is 10.1 Å². The number of ether oxygens (including phenoxy) is 1. The van der Waals surface area contributed by atoms with Crippen LogP contribution >= 0.6 is 0 Å². The monoisotopic (exact) mass is 318 g/mol. The van der Waals surface area contributed by atoms with Crippen molar-refractivity contribution < 1.29 is 18.3 Å². The summed E-state index contributed by atoms with van der Waals surface area (Å²) < 4.78 is 31.4. The first-order valence-electron chi connectivity index (χ1n) is 7.36.